The Labute approximate surface area is 156 Å². The Morgan fingerprint density at radius 3 is 2.58 bits per heavy atom. The number of para-hydroxylation sites is 1. The van der Waals surface area contributed by atoms with Crippen LogP contribution >= 0.6 is 11.3 Å². The maximum absolute atomic E-state index is 12.7. The van der Waals surface area contributed by atoms with E-state index in [1.54, 1.807) is 12.4 Å². The molecule has 4 rings (SSSR count). The number of hydrogen-bond acceptors (Lipinski definition) is 6. The lowest BCUT2D eigenvalue weighted by Crippen LogP contribution is -2.48. The number of amides is 1. The number of anilines is 3. The number of rotatable bonds is 4. The Kier molecular flexibility index (Phi) is 4.79. The van der Waals surface area contributed by atoms with E-state index in [-0.39, 0.29) is 5.91 Å². The molecule has 132 valence electrons. The molecule has 0 radical (unpaired) electrons. The first kappa shape index (κ1) is 16.5. The van der Waals surface area contributed by atoms with Crippen LogP contribution in [0.15, 0.2) is 60.2 Å². The summed E-state index contributed by atoms with van der Waals surface area (Å²) in [6.45, 7) is 3.08. The molecule has 0 aliphatic carbocycles. The van der Waals surface area contributed by atoms with Crippen LogP contribution in [0.1, 0.15) is 10.5 Å². The minimum atomic E-state index is -0.00630. The molecule has 3 heterocycles. The molecule has 0 atom stereocenters. The van der Waals surface area contributed by atoms with E-state index in [4.69, 9.17) is 0 Å². The zero-order valence-corrected chi connectivity index (χ0v) is 15.0. The lowest BCUT2D eigenvalue weighted by atomic mass is 10.2. The molecule has 6 nitrogen and oxygen atoms in total. The molecule has 1 aromatic carbocycles. The van der Waals surface area contributed by atoms with E-state index in [1.807, 2.05) is 40.6 Å². The van der Waals surface area contributed by atoms with Gasteiger partial charge in [0.05, 0.1) is 11.9 Å². The van der Waals surface area contributed by atoms with E-state index in [1.165, 1.54) is 17.0 Å². The molecule has 3 aromatic rings. The second-order valence-electron chi connectivity index (χ2n) is 6.02. The first-order chi connectivity index (χ1) is 12.8. The Bertz CT molecular complexity index is 860. The van der Waals surface area contributed by atoms with Crippen LogP contribution in [0.4, 0.5) is 16.5 Å². The largest absolute Gasteiger partial charge is 0.368 e. The highest BCUT2D eigenvalue weighted by molar-refractivity contribution is 7.14. The number of nitrogens with one attached hydrogen (secondary N) is 1. The Morgan fingerprint density at radius 2 is 1.85 bits per heavy atom. The van der Waals surface area contributed by atoms with E-state index in [0.717, 1.165) is 18.8 Å². The summed E-state index contributed by atoms with van der Waals surface area (Å²) in [6.07, 6.45) is 3.45. The minimum absolute atomic E-state index is 0.00630. The molecule has 1 amide bonds. The molecular weight excluding hydrogens is 346 g/mol. The summed E-state index contributed by atoms with van der Waals surface area (Å²) in [6, 6.07) is 14.1. The van der Waals surface area contributed by atoms with Gasteiger partial charge in [0.15, 0.2) is 5.13 Å². The summed E-state index contributed by atoms with van der Waals surface area (Å²) in [7, 11) is 0. The van der Waals surface area contributed by atoms with Gasteiger partial charge in [-0.15, -0.1) is 11.3 Å². The van der Waals surface area contributed by atoms with Gasteiger partial charge in [0.2, 0.25) is 0 Å². The van der Waals surface area contributed by atoms with Crippen LogP contribution in [0.5, 0.6) is 0 Å². The monoisotopic (exact) mass is 365 g/mol. The Balaban J connectivity index is 1.37. The van der Waals surface area contributed by atoms with Crippen LogP contribution < -0.4 is 10.2 Å². The highest BCUT2D eigenvalue weighted by Crippen LogP contribution is 2.22. The third kappa shape index (κ3) is 3.67. The van der Waals surface area contributed by atoms with E-state index in [2.05, 4.69) is 32.3 Å². The minimum Gasteiger partial charge on any atom is -0.368 e. The molecule has 1 N–H and O–H groups in total. The fourth-order valence-corrected chi connectivity index (χ4v) is 3.66. The van der Waals surface area contributed by atoms with Crippen molar-refractivity contribution < 1.29 is 4.79 Å². The second-order valence-corrected chi connectivity index (χ2v) is 6.88. The Hall–Kier alpha value is -2.93. The van der Waals surface area contributed by atoms with Gasteiger partial charge in [-0.25, -0.2) is 4.98 Å². The first-order valence-corrected chi connectivity index (χ1v) is 9.39. The molecule has 1 aliphatic rings. The van der Waals surface area contributed by atoms with Crippen molar-refractivity contribution in [3.8, 4) is 0 Å². The molecule has 7 heteroatoms. The predicted molar refractivity (Wildman–Crippen MR) is 104 cm³/mol. The average molecular weight is 365 g/mol. The molecule has 2 aromatic heterocycles. The van der Waals surface area contributed by atoms with Gasteiger partial charge in [-0.2, -0.15) is 0 Å². The number of carbonyl (C=O) groups is 1. The van der Waals surface area contributed by atoms with Crippen LogP contribution in [0.3, 0.4) is 0 Å². The fraction of sp³-hybridized carbons (Fsp3) is 0.211. The van der Waals surface area contributed by atoms with Gasteiger partial charge in [-0.05, 0) is 24.3 Å². The van der Waals surface area contributed by atoms with Crippen molar-refractivity contribution in [1.29, 1.82) is 0 Å². The van der Waals surface area contributed by atoms with E-state index >= 15 is 0 Å². The second kappa shape index (κ2) is 7.53. The number of aromatic nitrogens is 2. The molecule has 0 saturated carbocycles. The van der Waals surface area contributed by atoms with Gasteiger partial charge in [-0.1, -0.05) is 18.2 Å². The summed E-state index contributed by atoms with van der Waals surface area (Å²) in [5.41, 5.74) is 2.56. The highest BCUT2D eigenvalue weighted by atomic mass is 32.1. The van der Waals surface area contributed by atoms with Gasteiger partial charge in [0.25, 0.3) is 5.91 Å². The van der Waals surface area contributed by atoms with Crippen molar-refractivity contribution in [2.24, 2.45) is 0 Å². The molecular formula is C19H19N5OS. The number of carbonyl (C=O) groups excluding carboxylic acids is 1. The van der Waals surface area contributed by atoms with Gasteiger partial charge in [0.1, 0.15) is 5.69 Å². The van der Waals surface area contributed by atoms with Crippen molar-refractivity contribution in [1.82, 2.24) is 14.9 Å². The lowest BCUT2D eigenvalue weighted by Gasteiger charge is -2.35. The number of benzene rings is 1. The molecule has 1 aliphatic heterocycles. The topological polar surface area (TPSA) is 61.4 Å². The van der Waals surface area contributed by atoms with E-state index < -0.39 is 0 Å². The van der Waals surface area contributed by atoms with Crippen LogP contribution in [0, 0.1) is 0 Å². The van der Waals surface area contributed by atoms with E-state index in [9.17, 15) is 4.79 Å². The smallest absolute Gasteiger partial charge is 0.273 e. The van der Waals surface area contributed by atoms with Crippen molar-refractivity contribution in [3.63, 3.8) is 0 Å². The maximum Gasteiger partial charge on any atom is 0.273 e. The van der Waals surface area contributed by atoms with Crippen molar-refractivity contribution in [2.45, 2.75) is 0 Å². The van der Waals surface area contributed by atoms with E-state index in [0.29, 0.717) is 23.9 Å². The molecule has 0 unspecified atom stereocenters. The first-order valence-electron chi connectivity index (χ1n) is 8.51. The maximum atomic E-state index is 12.7. The van der Waals surface area contributed by atoms with Crippen LogP contribution in [0.25, 0.3) is 0 Å². The lowest BCUT2D eigenvalue weighted by molar-refractivity contribution is 0.0742. The van der Waals surface area contributed by atoms with Crippen LogP contribution in [-0.2, 0) is 0 Å². The normalized spacial score (nSPS) is 14.3. The molecule has 0 bridgehead atoms. The zero-order valence-electron chi connectivity index (χ0n) is 14.2. The van der Waals surface area contributed by atoms with Gasteiger partial charge in [-0.3, -0.25) is 9.78 Å². The standard InChI is InChI=1S/C19H19N5OS/c25-18(17-14-26-19(22-17)21-15-5-4-8-20-13-15)24-11-9-23(10-12-24)16-6-2-1-3-7-16/h1-8,13-14H,9-12H2,(H,21,22). The number of nitrogens with zero attached hydrogens (tertiary/aromatic N) is 4. The molecule has 0 spiro atoms. The quantitative estimate of drug-likeness (QED) is 0.769. The Morgan fingerprint density at radius 1 is 1.04 bits per heavy atom. The van der Waals surface area contributed by atoms with Crippen molar-refractivity contribution >= 4 is 33.8 Å². The average Bonchev–Trinajstić information content (AvgIpc) is 3.17. The molecule has 1 saturated heterocycles. The summed E-state index contributed by atoms with van der Waals surface area (Å²) < 4.78 is 0. The number of hydrogen-bond donors (Lipinski definition) is 1. The molecule has 1 fully saturated rings. The van der Waals surface area contributed by atoms with Crippen molar-refractivity contribution in [2.75, 3.05) is 36.4 Å². The zero-order chi connectivity index (χ0) is 17.8. The highest BCUT2D eigenvalue weighted by Gasteiger charge is 2.24. The van der Waals surface area contributed by atoms with Gasteiger partial charge >= 0.3 is 0 Å². The van der Waals surface area contributed by atoms with Gasteiger partial charge in [0, 0.05) is 43.4 Å². The fourth-order valence-electron chi connectivity index (χ4n) is 2.96. The molecule has 26 heavy (non-hydrogen) atoms. The van der Waals surface area contributed by atoms with Crippen molar-refractivity contribution in [3.05, 3.63) is 65.9 Å². The number of piperazine rings is 1. The third-order valence-corrected chi connectivity index (χ3v) is 5.08. The summed E-state index contributed by atoms with van der Waals surface area (Å²) >= 11 is 1.43. The third-order valence-electron chi connectivity index (χ3n) is 4.32. The number of thiazole rings is 1. The number of pyridine rings is 1. The van der Waals surface area contributed by atoms with Gasteiger partial charge < -0.3 is 15.1 Å². The van der Waals surface area contributed by atoms with Crippen LogP contribution in [-0.4, -0.2) is 47.0 Å². The predicted octanol–water partition coefficient (Wildman–Crippen LogP) is 3.24. The SMILES string of the molecule is O=C(c1csc(Nc2cccnc2)n1)N1CCN(c2ccccc2)CC1. The summed E-state index contributed by atoms with van der Waals surface area (Å²) in [5.74, 6) is -0.00630. The summed E-state index contributed by atoms with van der Waals surface area (Å²) in [5, 5.41) is 5.69. The summed E-state index contributed by atoms with van der Waals surface area (Å²) in [4.78, 5) is 25.4. The van der Waals surface area contributed by atoms with Crippen LogP contribution in [0.2, 0.25) is 0 Å².